The zero-order chi connectivity index (χ0) is 14.1. The Kier molecular flexibility index (Phi) is 7.57. The van der Waals surface area contributed by atoms with Gasteiger partial charge in [0.15, 0.2) is 0 Å². The van der Waals surface area contributed by atoms with Crippen molar-refractivity contribution in [1.82, 2.24) is 5.32 Å². The van der Waals surface area contributed by atoms with Crippen molar-refractivity contribution in [2.45, 2.75) is 58.9 Å². The summed E-state index contributed by atoms with van der Waals surface area (Å²) in [5.41, 5.74) is 2.67. The third kappa shape index (κ3) is 6.63. The third-order valence-electron chi connectivity index (χ3n) is 3.36. The van der Waals surface area contributed by atoms with Crippen LogP contribution < -0.4 is 10.1 Å². The molecule has 0 bridgehead atoms. The van der Waals surface area contributed by atoms with Crippen molar-refractivity contribution in [2.24, 2.45) is 0 Å². The van der Waals surface area contributed by atoms with E-state index in [4.69, 9.17) is 4.74 Å². The number of nitrogens with one attached hydrogen (secondary N) is 1. The second-order valence-electron chi connectivity index (χ2n) is 5.59. The van der Waals surface area contributed by atoms with Gasteiger partial charge in [-0.25, -0.2) is 0 Å². The molecule has 0 fully saturated rings. The highest BCUT2D eigenvalue weighted by Crippen LogP contribution is 2.21. The first-order chi connectivity index (χ1) is 9.13. The zero-order valence-electron chi connectivity index (χ0n) is 13.0. The minimum atomic E-state index is 0.608. The van der Waals surface area contributed by atoms with Gasteiger partial charge < -0.3 is 10.1 Å². The van der Waals surface area contributed by atoms with E-state index in [-0.39, 0.29) is 0 Å². The number of hydrogen-bond donors (Lipinski definition) is 1. The Bertz CT molecular complexity index is 360. The molecular formula is C17H29NO. The van der Waals surface area contributed by atoms with E-state index in [1.807, 2.05) is 0 Å². The van der Waals surface area contributed by atoms with Gasteiger partial charge in [0.1, 0.15) is 5.75 Å². The summed E-state index contributed by atoms with van der Waals surface area (Å²) in [5, 5.41) is 3.46. The molecule has 0 saturated heterocycles. The summed E-state index contributed by atoms with van der Waals surface area (Å²) in [4.78, 5) is 0. The van der Waals surface area contributed by atoms with Crippen LogP contribution in [0.1, 0.15) is 50.7 Å². The van der Waals surface area contributed by atoms with Crippen molar-refractivity contribution in [3.8, 4) is 5.75 Å². The van der Waals surface area contributed by atoms with Crippen molar-refractivity contribution in [1.29, 1.82) is 0 Å². The number of ether oxygens (including phenoxy) is 1. The second-order valence-corrected chi connectivity index (χ2v) is 5.59. The lowest BCUT2D eigenvalue weighted by atomic mass is 10.0. The first-order valence-electron chi connectivity index (χ1n) is 7.50. The average Bonchev–Trinajstić information content (AvgIpc) is 2.37. The maximum Gasteiger partial charge on any atom is 0.122 e. The van der Waals surface area contributed by atoms with Gasteiger partial charge in [0.2, 0.25) is 0 Å². The summed E-state index contributed by atoms with van der Waals surface area (Å²) in [5.74, 6) is 1.03. The van der Waals surface area contributed by atoms with Crippen molar-refractivity contribution in [3.05, 3.63) is 29.3 Å². The van der Waals surface area contributed by atoms with Crippen molar-refractivity contribution >= 4 is 0 Å². The van der Waals surface area contributed by atoms with Gasteiger partial charge in [0.25, 0.3) is 0 Å². The molecule has 1 N–H and O–H groups in total. The van der Waals surface area contributed by atoms with Crippen LogP contribution in [0.4, 0.5) is 0 Å². The van der Waals surface area contributed by atoms with Crippen LogP contribution in [0.3, 0.4) is 0 Å². The first-order valence-corrected chi connectivity index (χ1v) is 7.50. The van der Waals surface area contributed by atoms with E-state index in [0.717, 1.165) is 18.7 Å². The van der Waals surface area contributed by atoms with Gasteiger partial charge >= 0.3 is 0 Å². The molecule has 0 aliphatic rings. The molecular weight excluding hydrogens is 234 g/mol. The monoisotopic (exact) mass is 263 g/mol. The normalized spacial score (nSPS) is 11.0. The molecule has 0 aromatic heterocycles. The Labute approximate surface area is 118 Å². The summed E-state index contributed by atoms with van der Waals surface area (Å²) in [6.07, 6.45) is 6.28. The Balaban J connectivity index is 2.20. The molecule has 0 spiro atoms. The summed E-state index contributed by atoms with van der Waals surface area (Å²) < 4.78 is 5.41. The van der Waals surface area contributed by atoms with E-state index in [2.05, 4.69) is 44.3 Å². The van der Waals surface area contributed by atoms with Gasteiger partial charge in [-0.2, -0.15) is 0 Å². The van der Waals surface area contributed by atoms with E-state index in [9.17, 15) is 0 Å². The van der Waals surface area contributed by atoms with Crippen LogP contribution in [0.2, 0.25) is 0 Å². The van der Waals surface area contributed by atoms with Crippen molar-refractivity contribution in [2.75, 3.05) is 13.7 Å². The molecule has 0 aliphatic carbocycles. The molecule has 0 amide bonds. The van der Waals surface area contributed by atoms with Gasteiger partial charge in [-0.1, -0.05) is 44.4 Å². The highest BCUT2D eigenvalue weighted by atomic mass is 16.5. The van der Waals surface area contributed by atoms with Crippen LogP contribution in [0.5, 0.6) is 5.75 Å². The Morgan fingerprint density at radius 3 is 2.53 bits per heavy atom. The summed E-state index contributed by atoms with van der Waals surface area (Å²) >= 11 is 0. The molecule has 1 aromatic carbocycles. The Morgan fingerprint density at radius 2 is 1.84 bits per heavy atom. The molecule has 1 aromatic rings. The van der Waals surface area contributed by atoms with E-state index in [1.165, 1.54) is 36.8 Å². The van der Waals surface area contributed by atoms with Gasteiger partial charge in [-0.3, -0.25) is 0 Å². The van der Waals surface area contributed by atoms with Crippen LogP contribution in [-0.2, 0) is 6.42 Å². The smallest absolute Gasteiger partial charge is 0.122 e. The molecule has 108 valence electrons. The van der Waals surface area contributed by atoms with Gasteiger partial charge in [-0.15, -0.1) is 0 Å². The maximum atomic E-state index is 5.41. The fourth-order valence-electron chi connectivity index (χ4n) is 2.29. The molecule has 0 unspecified atom stereocenters. The Morgan fingerprint density at radius 1 is 1.11 bits per heavy atom. The molecule has 0 radical (unpaired) electrons. The number of aryl methyl sites for hydroxylation is 2. The van der Waals surface area contributed by atoms with Crippen LogP contribution in [0.25, 0.3) is 0 Å². The maximum absolute atomic E-state index is 5.41. The molecule has 19 heavy (non-hydrogen) atoms. The number of benzene rings is 1. The molecule has 0 atom stereocenters. The van der Waals surface area contributed by atoms with E-state index < -0.39 is 0 Å². The Hall–Kier alpha value is -1.02. The van der Waals surface area contributed by atoms with Crippen molar-refractivity contribution < 1.29 is 4.74 Å². The minimum Gasteiger partial charge on any atom is -0.496 e. The van der Waals surface area contributed by atoms with Gasteiger partial charge in [0, 0.05) is 6.04 Å². The van der Waals surface area contributed by atoms with E-state index in [1.54, 1.807) is 7.11 Å². The molecule has 2 nitrogen and oxygen atoms in total. The summed E-state index contributed by atoms with van der Waals surface area (Å²) in [6.45, 7) is 7.68. The van der Waals surface area contributed by atoms with E-state index >= 15 is 0 Å². The van der Waals surface area contributed by atoms with E-state index in [0.29, 0.717) is 6.04 Å². The predicted molar refractivity (Wildman–Crippen MR) is 83.0 cm³/mol. The number of unbranched alkanes of at least 4 members (excludes halogenated alkanes) is 3. The highest BCUT2D eigenvalue weighted by Gasteiger charge is 2.02. The van der Waals surface area contributed by atoms with Gasteiger partial charge in [-0.05, 0) is 44.4 Å². The quantitative estimate of drug-likeness (QED) is 0.677. The predicted octanol–water partition coefficient (Wildman–Crippen LogP) is 4.10. The standard InChI is InChI=1S/C17H29NO/c1-14(2)18-12-8-6-5-7-9-16-13-15(3)10-11-17(16)19-4/h10-11,13-14,18H,5-9,12H2,1-4H3. The minimum absolute atomic E-state index is 0.608. The molecule has 0 heterocycles. The second kappa shape index (κ2) is 8.98. The molecule has 0 aliphatic heterocycles. The van der Waals surface area contributed by atoms with Crippen LogP contribution in [0.15, 0.2) is 18.2 Å². The van der Waals surface area contributed by atoms with Crippen LogP contribution in [0, 0.1) is 6.92 Å². The highest BCUT2D eigenvalue weighted by molar-refractivity contribution is 5.36. The summed E-state index contributed by atoms with van der Waals surface area (Å²) in [7, 11) is 1.76. The first kappa shape index (κ1) is 16.0. The lowest BCUT2D eigenvalue weighted by Gasteiger charge is -2.10. The molecule has 0 saturated carbocycles. The lowest BCUT2D eigenvalue weighted by Crippen LogP contribution is -2.23. The van der Waals surface area contributed by atoms with Gasteiger partial charge in [0.05, 0.1) is 7.11 Å². The average molecular weight is 263 g/mol. The van der Waals surface area contributed by atoms with Crippen molar-refractivity contribution in [3.63, 3.8) is 0 Å². The fraction of sp³-hybridized carbons (Fsp3) is 0.647. The zero-order valence-corrected chi connectivity index (χ0v) is 13.0. The molecule has 2 heteroatoms. The number of methoxy groups -OCH3 is 1. The number of hydrogen-bond acceptors (Lipinski definition) is 2. The third-order valence-corrected chi connectivity index (χ3v) is 3.36. The van der Waals surface area contributed by atoms with Crippen LogP contribution in [-0.4, -0.2) is 19.7 Å². The summed E-state index contributed by atoms with van der Waals surface area (Å²) in [6, 6.07) is 7.05. The number of rotatable bonds is 9. The molecule has 1 rings (SSSR count). The van der Waals surface area contributed by atoms with Crippen LogP contribution >= 0.6 is 0 Å². The topological polar surface area (TPSA) is 21.3 Å². The lowest BCUT2D eigenvalue weighted by molar-refractivity contribution is 0.408. The SMILES string of the molecule is COc1ccc(C)cc1CCCCCCNC(C)C. The largest absolute Gasteiger partial charge is 0.496 e. The fourth-order valence-corrected chi connectivity index (χ4v) is 2.29.